The topological polar surface area (TPSA) is 58.3 Å². The second-order valence-electron chi connectivity index (χ2n) is 5.34. The van der Waals surface area contributed by atoms with Crippen LogP contribution in [0, 0.1) is 5.82 Å². The fourth-order valence-electron chi connectivity index (χ4n) is 2.71. The van der Waals surface area contributed by atoms with E-state index in [1.54, 1.807) is 12.1 Å². The zero-order chi connectivity index (χ0) is 14.6. The lowest BCUT2D eigenvalue weighted by Gasteiger charge is -2.10. The summed E-state index contributed by atoms with van der Waals surface area (Å²) in [6.07, 6.45) is 2.04. The first-order valence-corrected chi connectivity index (χ1v) is 6.84. The number of rotatable bonds is 2. The van der Waals surface area contributed by atoms with Gasteiger partial charge in [-0.3, -0.25) is 0 Å². The fraction of sp³-hybridized carbons (Fsp3) is 0.188. The van der Waals surface area contributed by atoms with Crippen molar-refractivity contribution in [3.8, 4) is 22.9 Å². The summed E-state index contributed by atoms with van der Waals surface area (Å²) in [7, 11) is 0. The first-order chi connectivity index (χ1) is 10.1. The first-order valence-electron chi connectivity index (χ1n) is 6.84. The maximum absolute atomic E-state index is 13.4. The van der Waals surface area contributed by atoms with Crippen molar-refractivity contribution in [2.75, 3.05) is 0 Å². The Bertz CT molecular complexity index is 833. The van der Waals surface area contributed by atoms with Crippen LogP contribution in [0.5, 0.6) is 11.5 Å². The quantitative estimate of drug-likeness (QED) is 0.756. The summed E-state index contributed by atoms with van der Waals surface area (Å²) in [5.41, 5.74) is 1.64. The molecule has 0 aliphatic heterocycles. The number of aromatic hydroxyl groups is 2. The second kappa shape index (κ2) is 4.22. The molecule has 1 heterocycles. The van der Waals surface area contributed by atoms with Crippen LogP contribution in [0.3, 0.4) is 0 Å². The van der Waals surface area contributed by atoms with E-state index in [2.05, 4.69) is 4.98 Å². The predicted molar refractivity (Wildman–Crippen MR) is 76.7 cm³/mol. The molecule has 1 aliphatic rings. The Morgan fingerprint density at radius 2 is 1.81 bits per heavy atom. The zero-order valence-corrected chi connectivity index (χ0v) is 11.1. The maximum atomic E-state index is 13.4. The SMILES string of the molecule is Oc1cccc(O)c1-c1nc2cc(F)ccc2n1C1CC1. The number of fused-ring (bicyclic) bond motifs is 1. The highest BCUT2D eigenvalue weighted by Gasteiger charge is 2.30. The number of benzene rings is 2. The minimum Gasteiger partial charge on any atom is -0.507 e. The van der Waals surface area contributed by atoms with Crippen molar-refractivity contribution < 1.29 is 14.6 Å². The molecular weight excluding hydrogens is 271 g/mol. The molecule has 0 amide bonds. The molecule has 1 saturated carbocycles. The normalized spacial score (nSPS) is 14.7. The molecule has 5 heteroatoms. The van der Waals surface area contributed by atoms with Crippen LogP contribution in [0.2, 0.25) is 0 Å². The maximum Gasteiger partial charge on any atom is 0.148 e. The Kier molecular flexibility index (Phi) is 2.45. The van der Waals surface area contributed by atoms with E-state index in [4.69, 9.17) is 0 Å². The van der Waals surface area contributed by atoms with Gasteiger partial charge in [0, 0.05) is 12.1 Å². The largest absolute Gasteiger partial charge is 0.507 e. The van der Waals surface area contributed by atoms with Gasteiger partial charge in [0.1, 0.15) is 28.7 Å². The molecule has 4 rings (SSSR count). The molecule has 0 saturated heterocycles. The number of phenolic OH excluding ortho intramolecular Hbond substituents is 2. The van der Waals surface area contributed by atoms with Crippen LogP contribution in [0.1, 0.15) is 18.9 Å². The first kappa shape index (κ1) is 12.2. The van der Waals surface area contributed by atoms with Crippen LogP contribution in [0.25, 0.3) is 22.4 Å². The van der Waals surface area contributed by atoms with E-state index in [0.29, 0.717) is 16.9 Å². The number of aromatic nitrogens is 2. The summed E-state index contributed by atoms with van der Waals surface area (Å²) in [4.78, 5) is 4.43. The fourth-order valence-corrected chi connectivity index (χ4v) is 2.71. The van der Waals surface area contributed by atoms with Crippen LogP contribution in [-0.4, -0.2) is 19.8 Å². The van der Waals surface area contributed by atoms with Gasteiger partial charge in [0.25, 0.3) is 0 Å². The molecule has 21 heavy (non-hydrogen) atoms. The van der Waals surface area contributed by atoms with Gasteiger partial charge < -0.3 is 14.8 Å². The van der Waals surface area contributed by atoms with E-state index in [0.717, 1.165) is 18.4 Å². The molecule has 0 atom stereocenters. The van der Waals surface area contributed by atoms with Gasteiger partial charge in [-0.05, 0) is 37.1 Å². The number of nitrogens with zero attached hydrogens (tertiary/aromatic N) is 2. The lowest BCUT2D eigenvalue weighted by Crippen LogP contribution is -1.97. The Morgan fingerprint density at radius 3 is 2.48 bits per heavy atom. The highest BCUT2D eigenvalue weighted by molar-refractivity contribution is 5.84. The van der Waals surface area contributed by atoms with Crippen LogP contribution >= 0.6 is 0 Å². The molecule has 0 unspecified atom stereocenters. The third kappa shape index (κ3) is 1.85. The van der Waals surface area contributed by atoms with Gasteiger partial charge in [-0.1, -0.05) is 6.07 Å². The van der Waals surface area contributed by atoms with Crippen LogP contribution in [0.15, 0.2) is 36.4 Å². The van der Waals surface area contributed by atoms with Gasteiger partial charge >= 0.3 is 0 Å². The summed E-state index contributed by atoms with van der Waals surface area (Å²) < 4.78 is 15.4. The number of imidazole rings is 1. The molecule has 2 N–H and O–H groups in total. The van der Waals surface area contributed by atoms with Crippen molar-refractivity contribution in [3.63, 3.8) is 0 Å². The van der Waals surface area contributed by atoms with Crippen molar-refractivity contribution in [1.29, 1.82) is 0 Å². The molecule has 0 radical (unpaired) electrons. The third-order valence-corrected chi connectivity index (χ3v) is 3.81. The minimum atomic E-state index is -0.351. The van der Waals surface area contributed by atoms with Gasteiger partial charge in [-0.15, -0.1) is 0 Å². The predicted octanol–water partition coefficient (Wildman–Crippen LogP) is 3.59. The summed E-state index contributed by atoms with van der Waals surface area (Å²) in [5, 5.41) is 20.1. The lowest BCUT2D eigenvalue weighted by molar-refractivity contribution is 0.453. The summed E-state index contributed by atoms with van der Waals surface area (Å²) in [6, 6.07) is 9.33. The van der Waals surface area contributed by atoms with E-state index in [1.165, 1.54) is 24.3 Å². The van der Waals surface area contributed by atoms with E-state index < -0.39 is 0 Å². The standard InChI is InChI=1S/C16H13FN2O2/c17-9-4-7-12-11(8-9)18-16(19(12)10-5-6-10)15-13(20)2-1-3-14(15)21/h1-4,7-8,10,20-21H,5-6H2. The average Bonchev–Trinajstić information content (AvgIpc) is 3.20. The molecule has 4 nitrogen and oxygen atoms in total. The third-order valence-electron chi connectivity index (χ3n) is 3.81. The number of phenols is 2. The Morgan fingerprint density at radius 1 is 1.10 bits per heavy atom. The minimum absolute atomic E-state index is 0.0346. The van der Waals surface area contributed by atoms with Crippen molar-refractivity contribution in [1.82, 2.24) is 9.55 Å². The molecule has 0 spiro atoms. The Hall–Kier alpha value is -2.56. The van der Waals surface area contributed by atoms with E-state index >= 15 is 0 Å². The molecular formula is C16H13FN2O2. The van der Waals surface area contributed by atoms with E-state index in [1.807, 2.05) is 4.57 Å². The average molecular weight is 284 g/mol. The van der Waals surface area contributed by atoms with Gasteiger partial charge in [0.2, 0.25) is 0 Å². The smallest absolute Gasteiger partial charge is 0.148 e. The highest BCUT2D eigenvalue weighted by atomic mass is 19.1. The van der Waals surface area contributed by atoms with Crippen molar-refractivity contribution in [3.05, 3.63) is 42.2 Å². The molecule has 1 aromatic heterocycles. The molecule has 1 aliphatic carbocycles. The van der Waals surface area contributed by atoms with Crippen molar-refractivity contribution >= 4 is 11.0 Å². The van der Waals surface area contributed by atoms with Crippen LogP contribution in [-0.2, 0) is 0 Å². The second-order valence-corrected chi connectivity index (χ2v) is 5.34. The van der Waals surface area contributed by atoms with Crippen LogP contribution in [0.4, 0.5) is 4.39 Å². The molecule has 3 aromatic rings. The highest BCUT2D eigenvalue weighted by Crippen LogP contribution is 2.45. The van der Waals surface area contributed by atoms with Crippen molar-refractivity contribution in [2.24, 2.45) is 0 Å². The lowest BCUT2D eigenvalue weighted by atomic mass is 10.1. The van der Waals surface area contributed by atoms with E-state index in [-0.39, 0.29) is 23.4 Å². The summed E-state index contributed by atoms with van der Waals surface area (Å²) in [6.45, 7) is 0. The van der Waals surface area contributed by atoms with E-state index in [9.17, 15) is 14.6 Å². The molecule has 1 fully saturated rings. The molecule has 2 aromatic carbocycles. The molecule has 0 bridgehead atoms. The van der Waals surface area contributed by atoms with Gasteiger partial charge in [-0.2, -0.15) is 0 Å². The van der Waals surface area contributed by atoms with Gasteiger partial charge in [0.15, 0.2) is 0 Å². The monoisotopic (exact) mass is 284 g/mol. The van der Waals surface area contributed by atoms with Gasteiger partial charge in [-0.25, -0.2) is 9.37 Å². The van der Waals surface area contributed by atoms with Crippen molar-refractivity contribution in [2.45, 2.75) is 18.9 Å². The van der Waals surface area contributed by atoms with Crippen LogP contribution < -0.4 is 0 Å². The Labute approximate surface area is 120 Å². The molecule has 106 valence electrons. The number of hydrogen-bond acceptors (Lipinski definition) is 3. The number of hydrogen-bond donors (Lipinski definition) is 2. The Balaban J connectivity index is 2.06. The summed E-state index contributed by atoms with van der Waals surface area (Å²) in [5.74, 6) is 0.0602. The summed E-state index contributed by atoms with van der Waals surface area (Å²) >= 11 is 0. The zero-order valence-electron chi connectivity index (χ0n) is 11.1. The van der Waals surface area contributed by atoms with Gasteiger partial charge in [0.05, 0.1) is 11.0 Å². The number of halogens is 1.